The van der Waals surface area contributed by atoms with Gasteiger partial charge in [0.25, 0.3) is 0 Å². The van der Waals surface area contributed by atoms with Gasteiger partial charge in [0.1, 0.15) is 6.61 Å². The van der Waals surface area contributed by atoms with Crippen molar-refractivity contribution < 1.29 is 19.1 Å². The third-order valence-electron chi connectivity index (χ3n) is 4.82. The fraction of sp³-hybridized carbons (Fsp3) is 0.750. The first kappa shape index (κ1) is 26.4. The summed E-state index contributed by atoms with van der Waals surface area (Å²) in [7, 11) is 0. The van der Waals surface area contributed by atoms with Gasteiger partial charge < -0.3 is 9.47 Å². The van der Waals surface area contributed by atoms with Gasteiger partial charge in [0.05, 0.1) is 6.61 Å². The van der Waals surface area contributed by atoms with E-state index in [1.165, 1.54) is 44.9 Å². The summed E-state index contributed by atoms with van der Waals surface area (Å²) in [5.41, 5.74) is 0. The van der Waals surface area contributed by atoms with Gasteiger partial charge in [-0.3, -0.25) is 0 Å². The number of ether oxygens (including phenoxy) is 2. The standard InChI is InChI=1S/C24H42O4/c1-4-7-9-10-11-12-13-14-15-16-20-27-23(25)18-19-24(26)28-21-22(6-3)17-8-5-2/h15-16,18-19,22H,4-14,17,20-21H2,1-3H3/b16-15+,19-18+. The van der Waals surface area contributed by atoms with E-state index in [4.69, 9.17) is 9.47 Å². The van der Waals surface area contributed by atoms with Crippen LogP contribution in [0, 0.1) is 5.92 Å². The Hall–Kier alpha value is -1.58. The van der Waals surface area contributed by atoms with Gasteiger partial charge >= 0.3 is 11.9 Å². The zero-order valence-electron chi connectivity index (χ0n) is 18.4. The molecule has 0 N–H and O–H groups in total. The predicted molar refractivity (Wildman–Crippen MR) is 116 cm³/mol. The molecule has 0 aromatic rings. The second-order valence-electron chi connectivity index (χ2n) is 7.39. The molecular formula is C24H42O4. The molecule has 1 atom stereocenters. The summed E-state index contributed by atoms with van der Waals surface area (Å²) in [5.74, 6) is -0.609. The molecule has 0 aromatic heterocycles. The molecule has 0 amide bonds. The Kier molecular flexibility index (Phi) is 19.0. The fourth-order valence-corrected chi connectivity index (χ4v) is 2.87. The topological polar surface area (TPSA) is 52.6 Å². The molecule has 0 fully saturated rings. The minimum atomic E-state index is -0.518. The third-order valence-corrected chi connectivity index (χ3v) is 4.82. The van der Waals surface area contributed by atoms with Crippen molar-refractivity contribution >= 4 is 11.9 Å². The van der Waals surface area contributed by atoms with Crippen molar-refractivity contribution in [3.8, 4) is 0 Å². The van der Waals surface area contributed by atoms with Crippen molar-refractivity contribution in [1.29, 1.82) is 0 Å². The Morgan fingerprint density at radius 1 is 0.750 bits per heavy atom. The summed E-state index contributed by atoms with van der Waals surface area (Å²) in [6, 6.07) is 0. The minimum absolute atomic E-state index is 0.240. The Bertz CT molecular complexity index is 440. The maximum Gasteiger partial charge on any atom is 0.331 e. The van der Waals surface area contributed by atoms with Crippen LogP contribution in [-0.4, -0.2) is 25.2 Å². The maximum atomic E-state index is 11.7. The lowest BCUT2D eigenvalue weighted by Gasteiger charge is -2.13. The highest BCUT2D eigenvalue weighted by Gasteiger charge is 2.08. The van der Waals surface area contributed by atoms with E-state index in [0.29, 0.717) is 12.5 Å². The Morgan fingerprint density at radius 2 is 1.36 bits per heavy atom. The SMILES string of the molecule is CCCCCCCCC/C=C/COC(=O)/C=C/C(=O)OCC(CC)CCCC. The lowest BCUT2D eigenvalue weighted by Crippen LogP contribution is -2.12. The molecule has 0 heterocycles. The maximum absolute atomic E-state index is 11.7. The third kappa shape index (κ3) is 17.8. The van der Waals surface area contributed by atoms with Gasteiger partial charge in [0.15, 0.2) is 0 Å². The van der Waals surface area contributed by atoms with Gasteiger partial charge in [-0.15, -0.1) is 0 Å². The van der Waals surface area contributed by atoms with Crippen molar-refractivity contribution in [2.24, 2.45) is 5.92 Å². The number of rotatable bonds is 18. The number of hydrogen-bond acceptors (Lipinski definition) is 4. The van der Waals surface area contributed by atoms with Crippen LogP contribution in [-0.2, 0) is 19.1 Å². The Balaban J connectivity index is 3.72. The van der Waals surface area contributed by atoms with Gasteiger partial charge in [-0.1, -0.05) is 90.7 Å². The van der Waals surface area contributed by atoms with E-state index in [1.807, 2.05) is 6.08 Å². The second-order valence-corrected chi connectivity index (χ2v) is 7.39. The molecule has 1 unspecified atom stereocenters. The summed E-state index contributed by atoms with van der Waals surface area (Å²) in [5, 5.41) is 0. The molecule has 0 rings (SSSR count). The van der Waals surface area contributed by atoms with Crippen molar-refractivity contribution in [1.82, 2.24) is 0 Å². The molecule has 0 aromatic carbocycles. The van der Waals surface area contributed by atoms with E-state index in [0.717, 1.165) is 44.3 Å². The Morgan fingerprint density at radius 3 is 2.00 bits per heavy atom. The lowest BCUT2D eigenvalue weighted by atomic mass is 10.0. The highest BCUT2D eigenvalue weighted by molar-refractivity contribution is 5.91. The first-order chi connectivity index (χ1) is 13.6. The molecule has 4 heteroatoms. The highest BCUT2D eigenvalue weighted by atomic mass is 16.5. The van der Waals surface area contributed by atoms with E-state index >= 15 is 0 Å². The van der Waals surface area contributed by atoms with Crippen LogP contribution >= 0.6 is 0 Å². The van der Waals surface area contributed by atoms with E-state index in [9.17, 15) is 9.59 Å². The molecule has 0 bridgehead atoms. The summed E-state index contributed by atoms with van der Waals surface area (Å²) < 4.78 is 10.3. The van der Waals surface area contributed by atoms with Crippen molar-refractivity contribution in [3.63, 3.8) is 0 Å². The summed E-state index contributed by atoms with van der Waals surface area (Å²) in [6.07, 6.45) is 20.6. The van der Waals surface area contributed by atoms with Crippen molar-refractivity contribution in [2.75, 3.05) is 13.2 Å². The average molecular weight is 395 g/mol. The van der Waals surface area contributed by atoms with Gasteiger partial charge in [-0.05, 0) is 25.2 Å². The quantitative estimate of drug-likeness (QED) is 0.115. The van der Waals surface area contributed by atoms with Crippen LogP contribution in [0.2, 0.25) is 0 Å². The molecule has 0 radical (unpaired) electrons. The van der Waals surface area contributed by atoms with E-state index in [-0.39, 0.29) is 6.61 Å². The first-order valence-corrected chi connectivity index (χ1v) is 11.3. The molecule has 162 valence electrons. The summed E-state index contributed by atoms with van der Waals surface area (Å²) in [6.45, 7) is 7.14. The van der Waals surface area contributed by atoms with Crippen LogP contribution in [0.5, 0.6) is 0 Å². The first-order valence-electron chi connectivity index (χ1n) is 11.3. The molecule has 0 spiro atoms. The van der Waals surface area contributed by atoms with E-state index < -0.39 is 11.9 Å². The summed E-state index contributed by atoms with van der Waals surface area (Å²) >= 11 is 0. The number of allylic oxidation sites excluding steroid dienone is 1. The predicted octanol–water partition coefficient (Wildman–Crippen LogP) is 6.54. The zero-order chi connectivity index (χ0) is 20.9. The molecule has 0 saturated heterocycles. The van der Waals surface area contributed by atoms with Crippen LogP contribution in [0.4, 0.5) is 0 Å². The smallest absolute Gasteiger partial charge is 0.331 e. The van der Waals surface area contributed by atoms with Crippen LogP contribution in [0.15, 0.2) is 24.3 Å². The van der Waals surface area contributed by atoms with Crippen LogP contribution in [0.1, 0.15) is 97.8 Å². The number of unbranched alkanes of at least 4 members (excludes halogenated alkanes) is 8. The van der Waals surface area contributed by atoms with E-state index in [1.54, 1.807) is 0 Å². The fourth-order valence-electron chi connectivity index (χ4n) is 2.87. The average Bonchev–Trinajstić information content (AvgIpc) is 2.70. The lowest BCUT2D eigenvalue weighted by molar-refractivity contribution is -0.140. The Labute approximate surface area is 172 Å². The molecule has 28 heavy (non-hydrogen) atoms. The largest absolute Gasteiger partial charge is 0.462 e. The normalized spacial score (nSPS) is 12.5. The second kappa shape index (κ2) is 20.2. The van der Waals surface area contributed by atoms with Gasteiger partial charge in [0, 0.05) is 12.2 Å². The molecule has 0 aliphatic carbocycles. The molecular weight excluding hydrogens is 352 g/mol. The van der Waals surface area contributed by atoms with Gasteiger partial charge in [-0.2, -0.15) is 0 Å². The highest BCUT2D eigenvalue weighted by Crippen LogP contribution is 2.13. The van der Waals surface area contributed by atoms with E-state index in [2.05, 4.69) is 26.8 Å². The van der Waals surface area contributed by atoms with Crippen LogP contribution in [0.25, 0.3) is 0 Å². The summed E-state index contributed by atoms with van der Waals surface area (Å²) in [4.78, 5) is 23.3. The zero-order valence-corrected chi connectivity index (χ0v) is 18.4. The van der Waals surface area contributed by atoms with Crippen molar-refractivity contribution in [2.45, 2.75) is 97.8 Å². The minimum Gasteiger partial charge on any atom is -0.462 e. The van der Waals surface area contributed by atoms with Gasteiger partial charge in [-0.25, -0.2) is 9.59 Å². The number of hydrogen-bond donors (Lipinski definition) is 0. The number of esters is 2. The molecule has 0 aliphatic heterocycles. The number of carbonyl (C=O) groups excluding carboxylic acids is 2. The molecule has 0 aliphatic rings. The van der Waals surface area contributed by atoms with Crippen LogP contribution < -0.4 is 0 Å². The van der Waals surface area contributed by atoms with Gasteiger partial charge in [0.2, 0.25) is 0 Å². The molecule has 0 saturated carbocycles. The van der Waals surface area contributed by atoms with Crippen LogP contribution in [0.3, 0.4) is 0 Å². The monoisotopic (exact) mass is 394 g/mol. The number of carbonyl (C=O) groups is 2. The van der Waals surface area contributed by atoms with Crippen molar-refractivity contribution in [3.05, 3.63) is 24.3 Å². The molecule has 4 nitrogen and oxygen atoms in total.